The molecule has 1 heterocycles. The number of anilines is 1. The molecule has 84 valence electrons. The summed E-state index contributed by atoms with van der Waals surface area (Å²) >= 11 is 0. The molecule has 0 unspecified atom stereocenters. The molecule has 0 radical (unpaired) electrons. The fourth-order valence-electron chi connectivity index (χ4n) is 2.20. The average Bonchev–Trinajstić information content (AvgIpc) is 3.11. The number of hydrogen-bond acceptors (Lipinski definition) is 3. The molecule has 1 aromatic carbocycles. The Morgan fingerprint density at radius 3 is 2.94 bits per heavy atom. The minimum absolute atomic E-state index is 0.267. The van der Waals surface area contributed by atoms with Crippen LogP contribution in [-0.2, 0) is 0 Å². The van der Waals surface area contributed by atoms with Crippen LogP contribution in [-0.4, -0.2) is 30.3 Å². The number of aromatic carboxylic acids is 1. The van der Waals surface area contributed by atoms with E-state index in [1.165, 1.54) is 12.8 Å². The smallest absolute Gasteiger partial charge is 0.339 e. The van der Waals surface area contributed by atoms with E-state index >= 15 is 0 Å². The summed E-state index contributed by atoms with van der Waals surface area (Å²) in [5.74, 6) is -0.386. The number of rotatable bonds is 2. The van der Waals surface area contributed by atoms with Gasteiger partial charge in [-0.2, -0.15) is 0 Å². The van der Waals surface area contributed by atoms with Crippen LogP contribution in [0.4, 0.5) is 5.69 Å². The van der Waals surface area contributed by atoms with Crippen LogP contribution in [0, 0.1) is 0 Å². The molecule has 0 saturated heterocycles. The lowest BCUT2D eigenvalue weighted by Gasteiger charge is -2.31. The Hall–Kier alpha value is -1.71. The quantitative estimate of drug-likeness (QED) is 0.823. The molecule has 1 saturated carbocycles. The highest BCUT2D eigenvalue weighted by Gasteiger charge is 2.34. The molecule has 0 spiro atoms. The third kappa shape index (κ3) is 1.41. The maximum atomic E-state index is 11.1. The number of nitrogens with zero attached hydrogens (tertiary/aromatic N) is 1. The zero-order valence-corrected chi connectivity index (χ0v) is 8.85. The molecule has 1 N–H and O–H groups in total. The van der Waals surface area contributed by atoms with E-state index in [1.807, 2.05) is 6.07 Å². The highest BCUT2D eigenvalue weighted by Crippen LogP contribution is 2.40. The Morgan fingerprint density at radius 2 is 2.25 bits per heavy atom. The summed E-state index contributed by atoms with van der Waals surface area (Å²) in [5.41, 5.74) is 1.21. The zero-order chi connectivity index (χ0) is 11.1. The van der Waals surface area contributed by atoms with Crippen LogP contribution in [0.15, 0.2) is 18.2 Å². The van der Waals surface area contributed by atoms with Crippen molar-refractivity contribution in [1.29, 1.82) is 0 Å². The van der Waals surface area contributed by atoms with E-state index in [9.17, 15) is 4.79 Å². The summed E-state index contributed by atoms with van der Waals surface area (Å²) in [6.45, 7) is 1.44. The second-order valence-corrected chi connectivity index (χ2v) is 4.23. The van der Waals surface area contributed by atoms with Crippen LogP contribution < -0.4 is 9.64 Å². The van der Waals surface area contributed by atoms with Crippen LogP contribution in [0.3, 0.4) is 0 Å². The van der Waals surface area contributed by atoms with Crippen molar-refractivity contribution >= 4 is 11.7 Å². The second kappa shape index (κ2) is 3.40. The summed E-state index contributed by atoms with van der Waals surface area (Å²) < 4.78 is 5.50. The standard InChI is InChI=1S/C12H13NO3/c14-12(15)9-2-1-3-10-11(9)16-7-6-13(10)8-4-5-8/h1-3,8H,4-7H2,(H,14,15). The number of carboxylic acid groups (broad SMARTS) is 1. The van der Waals surface area contributed by atoms with Gasteiger partial charge in [0.25, 0.3) is 0 Å². The van der Waals surface area contributed by atoms with Gasteiger partial charge >= 0.3 is 5.97 Å². The fourth-order valence-corrected chi connectivity index (χ4v) is 2.20. The molecule has 0 aromatic heterocycles. The highest BCUT2D eigenvalue weighted by atomic mass is 16.5. The van der Waals surface area contributed by atoms with E-state index < -0.39 is 5.97 Å². The lowest BCUT2D eigenvalue weighted by molar-refractivity contribution is 0.0692. The van der Waals surface area contributed by atoms with Gasteiger partial charge in [0.15, 0.2) is 5.75 Å². The number of para-hydroxylation sites is 1. The van der Waals surface area contributed by atoms with Gasteiger partial charge < -0.3 is 14.7 Å². The Bertz CT molecular complexity index is 440. The molecule has 0 bridgehead atoms. The van der Waals surface area contributed by atoms with E-state index in [1.54, 1.807) is 12.1 Å². The maximum Gasteiger partial charge on any atom is 0.339 e. The lowest BCUT2D eigenvalue weighted by Crippen LogP contribution is -2.35. The van der Waals surface area contributed by atoms with Crippen molar-refractivity contribution in [3.63, 3.8) is 0 Å². The molecule has 4 heteroatoms. The van der Waals surface area contributed by atoms with Crippen LogP contribution >= 0.6 is 0 Å². The van der Waals surface area contributed by atoms with Crippen molar-refractivity contribution in [2.45, 2.75) is 18.9 Å². The van der Waals surface area contributed by atoms with Gasteiger partial charge in [0.05, 0.1) is 12.2 Å². The summed E-state index contributed by atoms with van der Waals surface area (Å²) in [6, 6.07) is 5.91. The number of carbonyl (C=O) groups is 1. The number of ether oxygens (including phenoxy) is 1. The van der Waals surface area contributed by atoms with Gasteiger partial charge in [-0.05, 0) is 25.0 Å². The Kier molecular flexibility index (Phi) is 2.02. The minimum atomic E-state index is -0.922. The first-order valence-corrected chi connectivity index (χ1v) is 5.53. The molecule has 0 atom stereocenters. The summed E-state index contributed by atoms with van der Waals surface area (Å²) in [7, 11) is 0. The number of carboxylic acids is 1. The Morgan fingerprint density at radius 1 is 1.44 bits per heavy atom. The van der Waals surface area contributed by atoms with E-state index in [2.05, 4.69) is 4.90 Å². The average molecular weight is 219 g/mol. The van der Waals surface area contributed by atoms with Gasteiger partial charge in [0.2, 0.25) is 0 Å². The number of benzene rings is 1. The molecule has 3 rings (SSSR count). The first-order chi connectivity index (χ1) is 7.77. The van der Waals surface area contributed by atoms with Crippen molar-refractivity contribution in [1.82, 2.24) is 0 Å². The largest absolute Gasteiger partial charge is 0.489 e. The predicted octanol–water partition coefficient (Wildman–Crippen LogP) is 1.75. The van der Waals surface area contributed by atoms with Crippen LogP contribution in [0.2, 0.25) is 0 Å². The van der Waals surface area contributed by atoms with E-state index in [0.29, 0.717) is 18.4 Å². The Labute approximate surface area is 93.4 Å². The lowest BCUT2D eigenvalue weighted by atomic mass is 10.1. The van der Waals surface area contributed by atoms with Gasteiger partial charge in [-0.25, -0.2) is 4.79 Å². The summed E-state index contributed by atoms with van der Waals surface area (Å²) in [4.78, 5) is 13.3. The van der Waals surface area contributed by atoms with E-state index in [4.69, 9.17) is 9.84 Å². The van der Waals surface area contributed by atoms with E-state index in [0.717, 1.165) is 12.2 Å². The molecular weight excluding hydrogens is 206 g/mol. The fraction of sp³-hybridized carbons (Fsp3) is 0.417. The predicted molar refractivity (Wildman–Crippen MR) is 59.3 cm³/mol. The van der Waals surface area contributed by atoms with Gasteiger partial charge in [0.1, 0.15) is 12.2 Å². The Balaban J connectivity index is 2.07. The van der Waals surface area contributed by atoms with Crippen molar-refractivity contribution < 1.29 is 14.6 Å². The summed E-state index contributed by atoms with van der Waals surface area (Å²) in [6.07, 6.45) is 2.41. The maximum absolute atomic E-state index is 11.1. The molecule has 16 heavy (non-hydrogen) atoms. The molecule has 0 amide bonds. The SMILES string of the molecule is O=C(O)c1cccc2c1OCCN2C1CC1. The first kappa shape index (κ1) is 9.51. The number of fused-ring (bicyclic) bond motifs is 1. The second-order valence-electron chi connectivity index (χ2n) is 4.23. The molecule has 1 aromatic rings. The third-order valence-electron chi connectivity index (χ3n) is 3.10. The topological polar surface area (TPSA) is 49.8 Å². The van der Waals surface area contributed by atoms with Gasteiger partial charge in [-0.1, -0.05) is 6.07 Å². The van der Waals surface area contributed by atoms with Crippen molar-refractivity contribution in [3.8, 4) is 5.75 Å². The molecule has 2 aliphatic rings. The third-order valence-corrected chi connectivity index (χ3v) is 3.10. The van der Waals surface area contributed by atoms with Crippen LogP contribution in [0.1, 0.15) is 23.2 Å². The molecule has 1 fully saturated rings. The van der Waals surface area contributed by atoms with Crippen molar-refractivity contribution in [2.75, 3.05) is 18.1 Å². The molecule has 4 nitrogen and oxygen atoms in total. The van der Waals surface area contributed by atoms with E-state index in [-0.39, 0.29) is 5.56 Å². The van der Waals surface area contributed by atoms with Gasteiger partial charge in [-0.15, -0.1) is 0 Å². The summed E-state index contributed by atoms with van der Waals surface area (Å²) in [5, 5.41) is 9.08. The number of hydrogen-bond donors (Lipinski definition) is 1. The van der Waals surface area contributed by atoms with Crippen molar-refractivity contribution in [3.05, 3.63) is 23.8 Å². The first-order valence-electron chi connectivity index (χ1n) is 5.53. The highest BCUT2D eigenvalue weighted by molar-refractivity contribution is 5.93. The normalized spacial score (nSPS) is 18.9. The van der Waals surface area contributed by atoms with Gasteiger partial charge in [0, 0.05) is 6.04 Å². The van der Waals surface area contributed by atoms with Gasteiger partial charge in [-0.3, -0.25) is 0 Å². The molecule has 1 aliphatic carbocycles. The van der Waals surface area contributed by atoms with Crippen molar-refractivity contribution in [2.24, 2.45) is 0 Å². The zero-order valence-electron chi connectivity index (χ0n) is 8.85. The monoisotopic (exact) mass is 219 g/mol. The van der Waals surface area contributed by atoms with Crippen LogP contribution in [0.5, 0.6) is 5.75 Å². The minimum Gasteiger partial charge on any atom is -0.489 e. The molecular formula is C12H13NO3. The molecule has 1 aliphatic heterocycles. The van der Waals surface area contributed by atoms with Crippen LogP contribution in [0.25, 0.3) is 0 Å².